The average molecular weight is 271 g/mol. The molecule has 104 valence electrons. The monoisotopic (exact) mass is 271 g/mol. The molecule has 3 rings (SSSR count). The minimum absolute atomic E-state index is 0.0261. The van der Waals surface area contributed by atoms with Gasteiger partial charge in [0, 0.05) is 31.3 Å². The molecule has 2 N–H and O–H groups in total. The van der Waals surface area contributed by atoms with Crippen molar-refractivity contribution < 1.29 is 9.90 Å². The van der Waals surface area contributed by atoms with E-state index in [0.29, 0.717) is 24.9 Å². The van der Waals surface area contributed by atoms with E-state index in [9.17, 15) is 9.90 Å². The number of hydrogen-bond acceptors (Lipinski definition) is 3. The molecule has 0 aliphatic carbocycles. The highest BCUT2D eigenvalue weighted by Crippen LogP contribution is 2.23. The van der Waals surface area contributed by atoms with Crippen molar-refractivity contribution in [2.45, 2.75) is 25.0 Å². The summed E-state index contributed by atoms with van der Waals surface area (Å²) in [6.45, 7) is 0.598. The van der Waals surface area contributed by atoms with E-state index in [2.05, 4.69) is 9.97 Å². The molecule has 2 aromatic rings. The summed E-state index contributed by atoms with van der Waals surface area (Å²) in [4.78, 5) is 21.1. The van der Waals surface area contributed by atoms with E-state index >= 15 is 0 Å². The van der Waals surface area contributed by atoms with Gasteiger partial charge in [0.1, 0.15) is 0 Å². The molecule has 1 aliphatic rings. The van der Waals surface area contributed by atoms with Crippen LogP contribution in [0.25, 0.3) is 0 Å². The Balaban J connectivity index is 1.78. The van der Waals surface area contributed by atoms with Crippen molar-refractivity contribution in [1.82, 2.24) is 14.9 Å². The van der Waals surface area contributed by atoms with E-state index < -0.39 is 6.10 Å². The predicted molar refractivity (Wildman–Crippen MR) is 74.2 cm³/mol. The first kappa shape index (κ1) is 12.9. The number of aromatic nitrogens is 2. The van der Waals surface area contributed by atoms with Crippen molar-refractivity contribution >= 4 is 5.91 Å². The van der Waals surface area contributed by atoms with E-state index in [1.54, 1.807) is 35.8 Å². The van der Waals surface area contributed by atoms with Gasteiger partial charge in [0.15, 0.2) is 0 Å². The Bertz CT molecular complexity index is 568. The molecule has 20 heavy (non-hydrogen) atoms. The maximum atomic E-state index is 12.4. The first-order chi connectivity index (χ1) is 9.75. The zero-order chi connectivity index (χ0) is 13.9. The number of H-pyrrole nitrogens is 1. The number of rotatable bonds is 3. The summed E-state index contributed by atoms with van der Waals surface area (Å²) in [7, 11) is 0. The SMILES string of the molecule is O=C(c1cc[nH]c1)N1CC[C@@H](O)[C@@H]1Cc1ccncc1. The van der Waals surface area contributed by atoms with E-state index in [1.807, 2.05) is 12.1 Å². The topological polar surface area (TPSA) is 69.2 Å². The number of aliphatic hydroxyl groups excluding tert-OH is 1. The van der Waals surface area contributed by atoms with E-state index in [-0.39, 0.29) is 11.9 Å². The molecule has 0 unspecified atom stereocenters. The van der Waals surface area contributed by atoms with E-state index in [1.165, 1.54) is 0 Å². The predicted octanol–water partition coefficient (Wildman–Crippen LogP) is 1.23. The lowest BCUT2D eigenvalue weighted by Crippen LogP contribution is -2.41. The summed E-state index contributed by atoms with van der Waals surface area (Å²) >= 11 is 0. The molecule has 1 amide bonds. The number of aliphatic hydroxyl groups is 1. The number of aromatic amines is 1. The maximum absolute atomic E-state index is 12.4. The van der Waals surface area contributed by atoms with Crippen LogP contribution in [0.5, 0.6) is 0 Å². The van der Waals surface area contributed by atoms with Gasteiger partial charge in [0.05, 0.1) is 17.7 Å². The van der Waals surface area contributed by atoms with Crippen molar-refractivity contribution in [3.8, 4) is 0 Å². The van der Waals surface area contributed by atoms with Gasteiger partial charge in [-0.25, -0.2) is 0 Å². The van der Waals surface area contributed by atoms with Gasteiger partial charge in [-0.3, -0.25) is 9.78 Å². The Morgan fingerprint density at radius 1 is 1.40 bits per heavy atom. The minimum Gasteiger partial charge on any atom is -0.391 e. The summed E-state index contributed by atoms with van der Waals surface area (Å²) in [5.74, 6) is -0.0261. The fraction of sp³-hybridized carbons (Fsp3) is 0.333. The van der Waals surface area contributed by atoms with Crippen LogP contribution in [0.2, 0.25) is 0 Å². The Morgan fingerprint density at radius 2 is 2.20 bits per heavy atom. The molecule has 5 heteroatoms. The van der Waals surface area contributed by atoms with Gasteiger partial charge in [-0.2, -0.15) is 0 Å². The molecule has 0 bridgehead atoms. The zero-order valence-electron chi connectivity index (χ0n) is 11.1. The number of carbonyl (C=O) groups is 1. The van der Waals surface area contributed by atoms with Crippen LogP contribution in [0.15, 0.2) is 43.0 Å². The van der Waals surface area contributed by atoms with Crippen molar-refractivity contribution in [3.05, 3.63) is 54.1 Å². The number of carbonyl (C=O) groups excluding carboxylic acids is 1. The van der Waals surface area contributed by atoms with Crippen LogP contribution < -0.4 is 0 Å². The smallest absolute Gasteiger partial charge is 0.255 e. The van der Waals surface area contributed by atoms with Crippen molar-refractivity contribution in [1.29, 1.82) is 0 Å². The highest BCUT2D eigenvalue weighted by atomic mass is 16.3. The molecule has 1 fully saturated rings. The lowest BCUT2D eigenvalue weighted by molar-refractivity contribution is 0.0640. The van der Waals surface area contributed by atoms with Crippen LogP contribution in [-0.2, 0) is 6.42 Å². The van der Waals surface area contributed by atoms with Crippen LogP contribution in [0.3, 0.4) is 0 Å². The van der Waals surface area contributed by atoms with Gasteiger partial charge >= 0.3 is 0 Å². The van der Waals surface area contributed by atoms with Crippen molar-refractivity contribution in [2.75, 3.05) is 6.54 Å². The molecule has 1 aliphatic heterocycles. The van der Waals surface area contributed by atoms with E-state index in [4.69, 9.17) is 0 Å². The van der Waals surface area contributed by atoms with Crippen LogP contribution in [0, 0.1) is 0 Å². The Labute approximate surface area is 117 Å². The molecule has 1 saturated heterocycles. The molecule has 0 radical (unpaired) electrons. The van der Waals surface area contributed by atoms with Crippen LogP contribution in [0.4, 0.5) is 0 Å². The first-order valence-electron chi connectivity index (χ1n) is 6.76. The summed E-state index contributed by atoms with van der Waals surface area (Å²) in [6.07, 6.45) is 7.70. The lowest BCUT2D eigenvalue weighted by Gasteiger charge is -2.26. The van der Waals surface area contributed by atoms with Crippen LogP contribution in [-0.4, -0.2) is 44.6 Å². The normalized spacial score (nSPS) is 22.1. The van der Waals surface area contributed by atoms with Gasteiger partial charge in [0.2, 0.25) is 0 Å². The molecule has 0 aromatic carbocycles. The molecular formula is C15H17N3O2. The number of nitrogens with zero attached hydrogens (tertiary/aromatic N) is 2. The number of hydrogen-bond donors (Lipinski definition) is 2. The quantitative estimate of drug-likeness (QED) is 0.882. The second-order valence-electron chi connectivity index (χ2n) is 5.08. The van der Waals surface area contributed by atoms with Gasteiger partial charge < -0.3 is 15.0 Å². The largest absolute Gasteiger partial charge is 0.391 e. The Hall–Kier alpha value is -2.14. The number of nitrogens with one attached hydrogen (secondary N) is 1. The van der Waals surface area contributed by atoms with E-state index in [0.717, 1.165) is 5.56 Å². The highest BCUT2D eigenvalue weighted by molar-refractivity contribution is 5.94. The summed E-state index contributed by atoms with van der Waals surface area (Å²) in [5.41, 5.74) is 1.72. The average Bonchev–Trinajstić information content (AvgIpc) is 3.11. The minimum atomic E-state index is -0.467. The second kappa shape index (κ2) is 5.46. The first-order valence-corrected chi connectivity index (χ1v) is 6.76. The Morgan fingerprint density at radius 3 is 2.90 bits per heavy atom. The summed E-state index contributed by atoms with van der Waals surface area (Å²) in [5, 5.41) is 10.1. The molecular weight excluding hydrogens is 254 g/mol. The third-order valence-corrected chi connectivity index (χ3v) is 3.81. The molecule has 2 aromatic heterocycles. The molecule has 5 nitrogen and oxygen atoms in total. The number of likely N-dealkylation sites (tertiary alicyclic amines) is 1. The Kier molecular flexibility index (Phi) is 3.52. The van der Waals surface area contributed by atoms with Gasteiger partial charge in [-0.1, -0.05) is 0 Å². The second-order valence-corrected chi connectivity index (χ2v) is 5.08. The zero-order valence-corrected chi connectivity index (χ0v) is 11.1. The molecule has 3 heterocycles. The van der Waals surface area contributed by atoms with Crippen molar-refractivity contribution in [2.24, 2.45) is 0 Å². The number of pyridine rings is 1. The molecule has 0 saturated carbocycles. The van der Waals surface area contributed by atoms with Crippen LogP contribution in [0.1, 0.15) is 22.3 Å². The van der Waals surface area contributed by atoms with Gasteiger partial charge in [-0.15, -0.1) is 0 Å². The van der Waals surface area contributed by atoms with Crippen molar-refractivity contribution in [3.63, 3.8) is 0 Å². The fourth-order valence-electron chi connectivity index (χ4n) is 2.72. The fourth-order valence-corrected chi connectivity index (χ4v) is 2.72. The maximum Gasteiger partial charge on any atom is 0.255 e. The third-order valence-electron chi connectivity index (χ3n) is 3.81. The lowest BCUT2D eigenvalue weighted by atomic mass is 10.0. The number of amides is 1. The van der Waals surface area contributed by atoms with Gasteiger partial charge in [-0.05, 0) is 36.6 Å². The third kappa shape index (κ3) is 2.44. The summed E-state index contributed by atoms with van der Waals surface area (Å²) in [6, 6.07) is 5.43. The van der Waals surface area contributed by atoms with Crippen LogP contribution >= 0.6 is 0 Å². The highest BCUT2D eigenvalue weighted by Gasteiger charge is 2.36. The summed E-state index contributed by atoms with van der Waals surface area (Å²) < 4.78 is 0. The molecule has 2 atom stereocenters. The van der Waals surface area contributed by atoms with Gasteiger partial charge in [0.25, 0.3) is 5.91 Å². The molecule has 0 spiro atoms. The standard InChI is InChI=1S/C15H17N3O2/c19-14-4-8-18(15(20)12-3-7-17-10-12)13(14)9-11-1-5-16-6-2-11/h1-3,5-7,10,13-14,17,19H,4,8-9H2/t13-,14+/m0/s1.